The molecule has 0 bridgehead atoms. The van der Waals surface area contributed by atoms with Gasteiger partial charge in [-0.15, -0.1) is 0 Å². The number of ether oxygens (including phenoxy) is 2. The Hall–Kier alpha value is -2.14. The van der Waals surface area contributed by atoms with Crippen LogP contribution in [0.25, 0.3) is 0 Å². The quantitative estimate of drug-likeness (QED) is 0.919. The summed E-state index contributed by atoms with van der Waals surface area (Å²) in [4.78, 5) is 3.65. The first-order chi connectivity index (χ1) is 9.15. The molecule has 5 heteroatoms. The molecule has 0 fully saturated rings. The summed E-state index contributed by atoms with van der Waals surface area (Å²) in [7, 11) is 3.02. The Kier molecular flexibility index (Phi) is 3.97. The molecule has 100 valence electrons. The topological polar surface area (TPSA) is 51.6 Å². The van der Waals surface area contributed by atoms with Crippen LogP contribution < -0.4 is 9.47 Å². The van der Waals surface area contributed by atoms with Crippen molar-refractivity contribution in [1.29, 1.82) is 0 Å². The molecule has 1 heterocycles. The zero-order valence-electron chi connectivity index (χ0n) is 10.6. The number of rotatable bonds is 4. The summed E-state index contributed by atoms with van der Waals surface area (Å²) >= 11 is 0. The third-order valence-electron chi connectivity index (χ3n) is 2.79. The van der Waals surface area contributed by atoms with Gasteiger partial charge >= 0.3 is 0 Å². The van der Waals surface area contributed by atoms with Crippen molar-refractivity contribution in [1.82, 2.24) is 4.98 Å². The molecule has 0 saturated heterocycles. The number of benzene rings is 1. The zero-order valence-corrected chi connectivity index (χ0v) is 10.6. The van der Waals surface area contributed by atoms with E-state index in [4.69, 9.17) is 9.47 Å². The van der Waals surface area contributed by atoms with Crippen molar-refractivity contribution in [3.63, 3.8) is 0 Å². The standard InChI is InChI=1S/C14H14FNO3/c1-18-10-5-9(6-11(7-10)19-2)14(17)12-3-4-16-8-13(12)15/h3-8,14,17H,1-2H3. The van der Waals surface area contributed by atoms with Gasteiger partial charge in [0.1, 0.15) is 23.4 Å². The summed E-state index contributed by atoms with van der Waals surface area (Å²) in [6.07, 6.45) is 1.39. The summed E-state index contributed by atoms with van der Waals surface area (Å²) in [5.41, 5.74) is 0.645. The van der Waals surface area contributed by atoms with Gasteiger partial charge < -0.3 is 14.6 Å². The molecule has 2 rings (SSSR count). The van der Waals surface area contributed by atoms with Crippen LogP contribution in [-0.4, -0.2) is 24.3 Å². The Morgan fingerprint density at radius 2 is 1.79 bits per heavy atom. The van der Waals surface area contributed by atoms with Crippen LogP contribution in [0.5, 0.6) is 11.5 Å². The third-order valence-corrected chi connectivity index (χ3v) is 2.79. The number of hydrogen-bond donors (Lipinski definition) is 1. The van der Waals surface area contributed by atoms with Gasteiger partial charge in [0.25, 0.3) is 0 Å². The summed E-state index contributed by atoms with van der Waals surface area (Å²) in [5, 5.41) is 10.2. The van der Waals surface area contributed by atoms with Crippen LogP contribution in [-0.2, 0) is 0 Å². The molecule has 0 saturated carbocycles. The van der Waals surface area contributed by atoms with Crippen LogP contribution in [0.4, 0.5) is 4.39 Å². The van der Waals surface area contributed by atoms with Crippen molar-refractivity contribution in [2.75, 3.05) is 14.2 Å². The van der Waals surface area contributed by atoms with Crippen LogP contribution in [0.1, 0.15) is 17.2 Å². The Labute approximate surface area is 110 Å². The molecule has 1 atom stereocenters. The lowest BCUT2D eigenvalue weighted by Crippen LogP contribution is -2.04. The number of methoxy groups -OCH3 is 2. The Balaban J connectivity index is 2.43. The van der Waals surface area contributed by atoms with Gasteiger partial charge in [0.15, 0.2) is 0 Å². The number of aliphatic hydroxyl groups excluding tert-OH is 1. The predicted octanol–water partition coefficient (Wildman–Crippen LogP) is 2.32. The highest BCUT2D eigenvalue weighted by atomic mass is 19.1. The first-order valence-electron chi connectivity index (χ1n) is 5.66. The van der Waals surface area contributed by atoms with Gasteiger partial charge in [-0.25, -0.2) is 4.39 Å². The highest BCUT2D eigenvalue weighted by Crippen LogP contribution is 2.30. The number of nitrogens with zero attached hydrogens (tertiary/aromatic N) is 1. The second-order valence-electron chi connectivity index (χ2n) is 3.95. The maximum Gasteiger partial charge on any atom is 0.147 e. The average molecular weight is 263 g/mol. The lowest BCUT2D eigenvalue weighted by molar-refractivity contribution is 0.213. The Morgan fingerprint density at radius 3 is 2.32 bits per heavy atom. The average Bonchev–Trinajstić information content (AvgIpc) is 2.46. The van der Waals surface area contributed by atoms with E-state index in [1.54, 1.807) is 18.2 Å². The van der Waals surface area contributed by atoms with E-state index in [1.165, 1.54) is 26.5 Å². The van der Waals surface area contributed by atoms with E-state index in [0.717, 1.165) is 6.20 Å². The highest BCUT2D eigenvalue weighted by molar-refractivity contribution is 5.42. The molecule has 1 unspecified atom stereocenters. The zero-order chi connectivity index (χ0) is 13.8. The van der Waals surface area contributed by atoms with Crippen molar-refractivity contribution < 1.29 is 19.0 Å². The lowest BCUT2D eigenvalue weighted by Gasteiger charge is -2.14. The molecule has 0 aliphatic carbocycles. The molecule has 4 nitrogen and oxygen atoms in total. The minimum atomic E-state index is -1.10. The van der Waals surface area contributed by atoms with Crippen LogP contribution in [0.2, 0.25) is 0 Å². The molecule has 19 heavy (non-hydrogen) atoms. The first-order valence-corrected chi connectivity index (χ1v) is 5.66. The van der Waals surface area contributed by atoms with E-state index in [0.29, 0.717) is 17.1 Å². The van der Waals surface area contributed by atoms with Crippen LogP contribution in [0.3, 0.4) is 0 Å². The summed E-state index contributed by atoms with van der Waals surface area (Å²) in [5.74, 6) is 0.502. The molecule has 1 N–H and O–H groups in total. The van der Waals surface area contributed by atoms with Crippen LogP contribution in [0.15, 0.2) is 36.7 Å². The van der Waals surface area contributed by atoms with Crippen LogP contribution >= 0.6 is 0 Å². The Morgan fingerprint density at radius 1 is 1.16 bits per heavy atom. The number of aliphatic hydroxyl groups is 1. The smallest absolute Gasteiger partial charge is 0.147 e. The number of pyridine rings is 1. The van der Waals surface area contributed by atoms with E-state index in [1.807, 2.05) is 0 Å². The monoisotopic (exact) mass is 263 g/mol. The molecule has 0 radical (unpaired) electrons. The van der Waals surface area contributed by atoms with Crippen molar-refractivity contribution in [3.05, 3.63) is 53.6 Å². The minimum Gasteiger partial charge on any atom is -0.497 e. The molecule has 0 amide bonds. The third kappa shape index (κ3) is 2.82. The fourth-order valence-electron chi connectivity index (χ4n) is 1.77. The maximum absolute atomic E-state index is 13.6. The fourth-order valence-corrected chi connectivity index (χ4v) is 1.77. The molecule has 1 aromatic heterocycles. The summed E-state index contributed by atoms with van der Waals surface area (Å²) in [6.45, 7) is 0. The van der Waals surface area contributed by atoms with E-state index in [-0.39, 0.29) is 5.56 Å². The van der Waals surface area contributed by atoms with Crippen molar-refractivity contribution in [2.24, 2.45) is 0 Å². The van der Waals surface area contributed by atoms with E-state index < -0.39 is 11.9 Å². The maximum atomic E-state index is 13.6. The molecular weight excluding hydrogens is 249 g/mol. The van der Waals surface area contributed by atoms with E-state index in [2.05, 4.69) is 4.98 Å². The van der Waals surface area contributed by atoms with Gasteiger partial charge in [0, 0.05) is 17.8 Å². The van der Waals surface area contributed by atoms with Gasteiger partial charge in [0.05, 0.1) is 20.4 Å². The SMILES string of the molecule is COc1cc(OC)cc(C(O)c2ccncc2F)c1. The van der Waals surface area contributed by atoms with Crippen molar-refractivity contribution >= 4 is 0 Å². The second kappa shape index (κ2) is 5.67. The van der Waals surface area contributed by atoms with Crippen molar-refractivity contribution in [3.8, 4) is 11.5 Å². The van der Waals surface area contributed by atoms with Gasteiger partial charge in [-0.2, -0.15) is 0 Å². The normalized spacial score (nSPS) is 12.0. The molecule has 1 aromatic carbocycles. The van der Waals surface area contributed by atoms with Crippen molar-refractivity contribution in [2.45, 2.75) is 6.10 Å². The molecule has 0 spiro atoms. The lowest BCUT2D eigenvalue weighted by atomic mass is 10.0. The molecule has 0 aliphatic rings. The number of hydrogen-bond acceptors (Lipinski definition) is 4. The Bertz CT molecular complexity index is 552. The first kappa shape index (κ1) is 13.3. The van der Waals surface area contributed by atoms with E-state index in [9.17, 15) is 9.50 Å². The molecule has 0 aliphatic heterocycles. The number of aromatic nitrogens is 1. The summed E-state index contributed by atoms with van der Waals surface area (Å²) < 4.78 is 23.8. The van der Waals surface area contributed by atoms with Gasteiger partial charge in [-0.05, 0) is 23.8 Å². The van der Waals surface area contributed by atoms with Crippen LogP contribution in [0, 0.1) is 5.82 Å². The number of halogens is 1. The largest absolute Gasteiger partial charge is 0.497 e. The van der Waals surface area contributed by atoms with Gasteiger partial charge in [-0.1, -0.05) is 0 Å². The minimum absolute atomic E-state index is 0.158. The second-order valence-corrected chi connectivity index (χ2v) is 3.95. The molecule has 2 aromatic rings. The van der Waals surface area contributed by atoms with Gasteiger partial charge in [-0.3, -0.25) is 4.98 Å². The van der Waals surface area contributed by atoms with Gasteiger partial charge in [0.2, 0.25) is 0 Å². The van der Waals surface area contributed by atoms with E-state index >= 15 is 0 Å². The highest BCUT2D eigenvalue weighted by Gasteiger charge is 2.16. The summed E-state index contributed by atoms with van der Waals surface area (Å²) in [6, 6.07) is 6.38. The predicted molar refractivity (Wildman–Crippen MR) is 67.8 cm³/mol. The molecular formula is C14H14FNO3. The fraction of sp³-hybridized carbons (Fsp3) is 0.214.